The van der Waals surface area contributed by atoms with Crippen molar-refractivity contribution in [3.63, 3.8) is 0 Å². The van der Waals surface area contributed by atoms with Crippen LogP contribution in [0.1, 0.15) is 122 Å². The Morgan fingerprint density at radius 3 is 2.18 bits per heavy atom. The van der Waals surface area contributed by atoms with E-state index in [4.69, 9.17) is 4.74 Å². The Labute approximate surface area is 230 Å². The number of nitrogens with zero attached hydrogens (tertiary/aromatic N) is 1. The standard InChI is InChI=1S/C31H51N3O4/c1-6-8-9-10-11-15-22-34(27(35)23-32-30(37)38-31(3,4)5)28(25-20-18-24(7-2)19-21-25)29(36)33-26-16-13-12-14-17-26/h18-21,26,28H,6-17,22-23H2,1-5H3,(H,32,37)(H,33,36). The van der Waals surface area contributed by atoms with Crippen LogP contribution in [0.15, 0.2) is 24.3 Å². The molecular weight excluding hydrogens is 478 g/mol. The lowest BCUT2D eigenvalue weighted by Gasteiger charge is -2.34. The number of aryl methyl sites for hydroxylation is 1. The number of benzene rings is 1. The van der Waals surface area contributed by atoms with Gasteiger partial charge < -0.3 is 20.3 Å². The minimum atomic E-state index is -0.744. The molecule has 0 saturated heterocycles. The predicted octanol–water partition coefficient (Wildman–Crippen LogP) is 6.45. The molecule has 214 valence electrons. The first kappa shape index (κ1) is 31.6. The SMILES string of the molecule is CCCCCCCCN(C(=O)CNC(=O)OC(C)(C)C)C(C(=O)NC1CCCCC1)c1ccc(CC)cc1. The van der Waals surface area contributed by atoms with Gasteiger partial charge in [0.25, 0.3) is 0 Å². The third-order valence-corrected chi connectivity index (χ3v) is 7.07. The molecule has 3 amide bonds. The summed E-state index contributed by atoms with van der Waals surface area (Å²) in [7, 11) is 0. The molecule has 0 bridgehead atoms. The van der Waals surface area contributed by atoms with Crippen molar-refractivity contribution in [1.82, 2.24) is 15.5 Å². The van der Waals surface area contributed by atoms with Gasteiger partial charge in [-0.15, -0.1) is 0 Å². The van der Waals surface area contributed by atoms with Gasteiger partial charge in [-0.2, -0.15) is 0 Å². The Morgan fingerprint density at radius 1 is 0.947 bits per heavy atom. The summed E-state index contributed by atoms with van der Waals surface area (Å²) in [6.07, 6.45) is 12.1. The van der Waals surface area contributed by atoms with Crippen molar-refractivity contribution < 1.29 is 19.1 Å². The first-order chi connectivity index (χ1) is 18.1. The van der Waals surface area contributed by atoms with Crippen LogP contribution in [0, 0.1) is 0 Å². The predicted molar refractivity (Wildman–Crippen MR) is 153 cm³/mol. The van der Waals surface area contributed by atoms with Crippen LogP contribution in [-0.4, -0.2) is 47.5 Å². The maximum atomic E-state index is 13.8. The molecule has 0 heterocycles. The van der Waals surface area contributed by atoms with Crippen LogP contribution in [-0.2, 0) is 20.7 Å². The Balaban J connectivity index is 2.26. The zero-order valence-corrected chi connectivity index (χ0v) is 24.4. The number of hydrogen-bond donors (Lipinski definition) is 2. The number of unbranched alkanes of at least 4 members (excludes halogenated alkanes) is 5. The monoisotopic (exact) mass is 529 g/mol. The molecule has 2 N–H and O–H groups in total. The highest BCUT2D eigenvalue weighted by Gasteiger charge is 2.33. The molecule has 1 atom stereocenters. The molecule has 1 aliphatic rings. The maximum absolute atomic E-state index is 13.8. The van der Waals surface area contributed by atoms with Gasteiger partial charge in [-0.3, -0.25) is 9.59 Å². The van der Waals surface area contributed by atoms with Crippen molar-refractivity contribution in [3.8, 4) is 0 Å². The number of amides is 3. The minimum absolute atomic E-state index is 0.138. The zero-order valence-electron chi connectivity index (χ0n) is 24.4. The third kappa shape index (κ3) is 11.4. The van der Waals surface area contributed by atoms with Crippen LogP contribution in [0.2, 0.25) is 0 Å². The number of hydrogen-bond acceptors (Lipinski definition) is 4. The lowest BCUT2D eigenvalue weighted by molar-refractivity contribution is -0.140. The fourth-order valence-electron chi connectivity index (χ4n) is 4.96. The van der Waals surface area contributed by atoms with E-state index in [0.717, 1.165) is 56.9 Å². The molecule has 1 aromatic rings. The second-order valence-electron chi connectivity index (χ2n) is 11.6. The Kier molecular flexibility index (Phi) is 13.7. The fourth-order valence-corrected chi connectivity index (χ4v) is 4.96. The number of ether oxygens (including phenoxy) is 1. The van der Waals surface area contributed by atoms with E-state index in [2.05, 4.69) is 24.5 Å². The average Bonchev–Trinajstić information content (AvgIpc) is 2.88. The number of carbonyl (C=O) groups is 3. The molecule has 0 aliphatic heterocycles. The van der Waals surface area contributed by atoms with Crippen LogP contribution in [0.3, 0.4) is 0 Å². The van der Waals surface area contributed by atoms with Crippen LogP contribution in [0.25, 0.3) is 0 Å². The Bertz CT molecular complexity index is 857. The average molecular weight is 530 g/mol. The topological polar surface area (TPSA) is 87.7 Å². The van der Waals surface area contributed by atoms with Crippen molar-refractivity contribution >= 4 is 17.9 Å². The largest absolute Gasteiger partial charge is 0.444 e. The van der Waals surface area contributed by atoms with Gasteiger partial charge in [0, 0.05) is 12.6 Å². The van der Waals surface area contributed by atoms with E-state index in [0.29, 0.717) is 6.54 Å². The van der Waals surface area contributed by atoms with E-state index in [1.807, 2.05) is 24.3 Å². The first-order valence-corrected chi connectivity index (χ1v) is 14.8. The highest BCUT2D eigenvalue weighted by atomic mass is 16.6. The van der Waals surface area contributed by atoms with Crippen LogP contribution < -0.4 is 10.6 Å². The van der Waals surface area contributed by atoms with E-state index >= 15 is 0 Å². The molecule has 1 aromatic carbocycles. The summed E-state index contributed by atoms with van der Waals surface area (Å²) in [6.45, 7) is 9.88. The summed E-state index contributed by atoms with van der Waals surface area (Å²) in [5.74, 6) is -0.425. The molecule has 0 aromatic heterocycles. The first-order valence-electron chi connectivity index (χ1n) is 14.8. The van der Waals surface area contributed by atoms with Crippen molar-refractivity contribution in [3.05, 3.63) is 35.4 Å². The quantitative estimate of drug-likeness (QED) is 0.271. The summed E-state index contributed by atoms with van der Waals surface area (Å²) in [6, 6.07) is 7.39. The van der Waals surface area contributed by atoms with E-state index in [-0.39, 0.29) is 24.4 Å². The van der Waals surface area contributed by atoms with Crippen LogP contribution >= 0.6 is 0 Å². The second kappa shape index (κ2) is 16.4. The molecule has 0 spiro atoms. The number of carbonyl (C=O) groups excluding carboxylic acids is 3. The summed E-state index contributed by atoms with van der Waals surface area (Å²) in [5.41, 5.74) is 1.32. The normalized spacial score (nSPS) is 15.0. The van der Waals surface area contributed by atoms with Crippen molar-refractivity contribution in [2.45, 2.75) is 129 Å². The van der Waals surface area contributed by atoms with E-state index in [1.165, 1.54) is 31.2 Å². The Morgan fingerprint density at radius 2 is 1.58 bits per heavy atom. The molecule has 2 rings (SSSR count). The smallest absolute Gasteiger partial charge is 0.408 e. The molecule has 1 saturated carbocycles. The summed E-state index contributed by atoms with van der Waals surface area (Å²) in [4.78, 5) is 41.3. The summed E-state index contributed by atoms with van der Waals surface area (Å²) >= 11 is 0. The number of rotatable bonds is 14. The number of nitrogens with one attached hydrogen (secondary N) is 2. The van der Waals surface area contributed by atoms with Crippen molar-refractivity contribution in [1.29, 1.82) is 0 Å². The van der Waals surface area contributed by atoms with Gasteiger partial charge in [0.1, 0.15) is 18.2 Å². The summed E-state index contributed by atoms with van der Waals surface area (Å²) in [5, 5.41) is 5.85. The Hall–Kier alpha value is -2.57. The van der Waals surface area contributed by atoms with Gasteiger partial charge in [0.05, 0.1) is 0 Å². The lowest BCUT2D eigenvalue weighted by atomic mass is 9.94. The van der Waals surface area contributed by atoms with Crippen molar-refractivity contribution in [2.75, 3.05) is 13.1 Å². The van der Waals surface area contributed by atoms with Gasteiger partial charge >= 0.3 is 6.09 Å². The van der Waals surface area contributed by atoms with Gasteiger partial charge in [-0.25, -0.2) is 4.79 Å². The van der Waals surface area contributed by atoms with E-state index in [1.54, 1.807) is 25.7 Å². The van der Waals surface area contributed by atoms with Crippen LogP contribution in [0.5, 0.6) is 0 Å². The van der Waals surface area contributed by atoms with E-state index in [9.17, 15) is 14.4 Å². The molecule has 7 heteroatoms. The molecule has 1 fully saturated rings. The van der Waals surface area contributed by atoms with Gasteiger partial charge in [0.2, 0.25) is 11.8 Å². The van der Waals surface area contributed by atoms with E-state index < -0.39 is 17.7 Å². The third-order valence-electron chi connectivity index (χ3n) is 7.07. The van der Waals surface area contributed by atoms with Crippen LogP contribution in [0.4, 0.5) is 4.79 Å². The second-order valence-corrected chi connectivity index (χ2v) is 11.6. The fraction of sp³-hybridized carbons (Fsp3) is 0.710. The summed E-state index contributed by atoms with van der Waals surface area (Å²) < 4.78 is 5.32. The van der Waals surface area contributed by atoms with Gasteiger partial charge in [0.15, 0.2) is 0 Å². The maximum Gasteiger partial charge on any atom is 0.408 e. The highest BCUT2D eigenvalue weighted by molar-refractivity contribution is 5.90. The molecular formula is C31H51N3O4. The molecule has 7 nitrogen and oxygen atoms in total. The molecule has 1 aliphatic carbocycles. The number of alkyl carbamates (subject to hydrolysis) is 1. The van der Waals surface area contributed by atoms with Gasteiger partial charge in [-0.1, -0.05) is 89.5 Å². The molecule has 38 heavy (non-hydrogen) atoms. The van der Waals surface area contributed by atoms with Crippen molar-refractivity contribution in [2.24, 2.45) is 0 Å². The highest BCUT2D eigenvalue weighted by Crippen LogP contribution is 2.25. The molecule has 0 radical (unpaired) electrons. The minimum Gasteiger partial charge on any atom is -0.444 e. The zero-order chi connectivity index (χ0) is 28.0. The lowest BCUT2D eigenvalue weighted by Crippen LogP contribution is -2.50. The van der Waals surface area contributed by atoms with Gasteiger partial charge in [-0.05, 0) is 57.6 Å². The molecule has 1 unspecified atom stereocenters.